The molecule has 2 N–H and O–H groups in total. The summed E-state index contributed by atoms with van der Waals surface area (Å²) < 4.78 is 1.77. The van der Waals surface area contributed by atoms with Gasteiger partial charge in [-0.1, -0.05) is 43.3 Å². The Morgan fingerprint density at radius 2 is 1.96 bits per heavy atom. The number of amides is 2. The first kappa shape index (κ1) is 19.8. The number of carbonyl (C=O) groups excluding carboxylic acids is 2. The third-order valence-corrected chi connectivity index (χ3v) is 5.11. The maximum atomic E-state index is 12.9. The van der Waals surface area contributed by atoms with Crippen LogP contribution in [0.4, 0.5) is 0 Å². The Hall–Kier alpha value is -2.93. The second-order valence-electron chi connectivity index (χ2n) is 6.54. The van der Waals surface area contributed by atoms with Crippen molar-refractivity contribution in [3.63, 3.8) is 0 Å². The molecule has 0 aliphatic heterocycles. The smallest absolute Gasteiger partial charge is 0.255 e. The molecule has 2 heterocycles. The van der Waals surface area contributed by atoms with Crippen molar-refractivity contribution in [2.75, 3.05) is 6.54 Å². The molecule has 2 amide bonds. The van der Waals surface area contributed by atoms with Crippen molar-refractivity contribution < 1.29 is 9.59 Å². The molecule has 0 spiro atoms. The lowest BCUT2D eigenvalue weighted by atomic mass is 10.2. The number of aromatic nitrogens is 2. The van der Waals surface area contributed by atoms with Gasteiger partial charge in [0.1, 0.15) is 11.7 Å². The lowest BCUT2D eigenvalue weighted by Gasteiger charge is -2.13. The quantitative estimate of drug-likeness (QED) is 0.613. The van der Waals surface area contributed by atoms with Crippen LogP contribution in [-0.4, -0.2) is 34.2 Å². The summed E-state index contributed by atoms with van der Waals surface area (Å²) in [6, 6.07) is 13.2. The van der Waals surface area contributed by atoms with E-state index in [0.29, 0.717) is 24.3 Å². The Bertz CT molecular complexity index is 919. The Labute approximate surface area is 168 Å². The monoisotopic (exact) mass is 396 g/mol. The fourth-order valence-corrected chi connectivity index (χ4v) is 3.50. The summed E-state index contributed by atoms with van der Waals surface area (Å²) in [7, 11) is 0. The third kappa shape index (κ3) is 4.86. The number of nitrogens with one attached hydrogen (secondary N) is 2. The number of hydrogen-bond donors (Lipinski definition) is 2. The fraction of sp³-hybridized carbons (Fsp3) is 0.286. The lowest BCUT2D eigenvalue weighted by Crippen LogP contribution is -2.45. The molecule has 0 saturated heterocycles. The zero-order chi connectivity index (χ0) is 19.9. The molecule has 0 aliphatic rings. The molecule has 1 atom stereocenters. The van der Waals surface area contributed by atoms with Crippen LogP contribution in [0.1, 0.15) is 36.2 Å². The van der Waals surface area contributed by atoms with Crippen LogP contribution in [0, 0.1) is 0 Å². The van der Waals surface area contributed by atoms with Crippen LogP contribution in [0.5, 0.6) is 0 Å². The summed E-state index contributed by atoms with van der Waals surface area (Å²) in [5.74, 6) is -0.494. The summed E-state index contributed by atoms with van der Waals surface area (Å²) in [5, 5.41) is 12.2. The fourth-order valence-electron chi connectivity index (χ4n) is 2.78. The van der Waals surface area contributed by atoms with E-state index < -0.39 is 6.04 Å². The normalized spacial score (nSPS) is 11.8. The Balaban J connectivity index is 1.82. The average Bonchev–Trinajstić information content (AvgIpc) is 3.36. The molecule has 0 bridgehead atoms. The summed E-state index contributed by atoms with van der Waals surface area (Å²) >= 11 is 1.53. The standard InChI is InChI=1S/C21H24N4O2S/c1-3-11-22-20(26)15(2)23-21(27)17-14-25(13-16-8-5-4-6-9-16)24-19(17)18-10-7-12-28-18/h4-10,12,14-15H,3,11,13H2,1-2H3,(H,22,26)(H,23,27). The average molecular weight is 397 g/mol. The molecule has 3 aromatic rings. The molecule has 2 aromatic heterocycles. The summed E-state index contributed by atoms with van der Waals surface area (Å²) in [5.41, 5.74) is 2.19. The molecule has 1 unspecified atom stereocenters. The minimum absolute atomic E-state index is 0.190. The van der Waals surface area contributed by atoms with E-state index in [2.05, 4.69) is 15.7 Å². The van der Waals surface area contributed by atoms with Gasteiger partial charge in [0.15, 0.2) is 0 Å². The molecule has 7 heteroatoms. The molecule has 0 radical (unpaired) electrons. The molecule has 0 aliphatic carbocycles. The molecular weight excluding hydrogens is 372 g/mol. The van der Waals surface area contributed by atoms with Crippen LogP contribution < -0.4 is 10.6 Å². The van der Waals surface area contributed by atoms with Gasteiger partial charge >= 0.3 is 0 Å². The van der Waals surface area contributed by atoms with Gasteiger partial charge in [-0.2, -0.15) is 5.10 Å². The molecule has 3 rings (SSSR count). The van der Waals surface area contributed by atoms with E-state index >= 15 is 0 Å². The van der Waals surface area contributed by atoms with E-state index in [1.54, 1.807) is 17.8 Å². The topological polar surface area (TPSA) is 76.0 Å². The first-order chi connectivity index (χ1) is 13.6. The van der Waals surface area contributed by atoms with Crippen molar-refractivity contribution in [2.24, 2.45) is 0 Å². The van der Waals surface area contributed by atoms with Crippen LogP contribution in [0.3, 0.4) is 0 Å². The van der Waals surface area contributed by atoms with Gasteiger partial charge in [0.25, 0.3) is 5.91 Å². The minimum Gasteiger partial charge on any atom is -0.354 e. The predicted octanol–water partition coefficient (Wildman–Crippen LogP) is 3.30. The van der Waals surface area contributed by atoms with Gasteiger partial charge in [-0.05, 0) is 30.4 Å². The number of hydrogen-bond acceptors (Lipinski definition) is 4. The summed E-state index contributed by atoms with van der Waals surface area (Å²) in [6.45, 7) is 4.83. The van der Waals surface area contributed by atoms with Crippen molar-refractivity contribution in [3.05, 3.63) is 65.2 Å². The van der Waals surface area contributed by atoms with Gasteiger partial charge in [0, 0.05) is 12.7 Å². The van der Waals surface area contributed by atoms with Crippen LogP contribution in [0.15, 0.2) is 54.0 Å². The Morgan fingerprint density at radius 1 is 1.18 bits per heavy atom. The zero-order valence-electron chi connectivity index (χ0n) is 16.0. The van der Waals surface area contributed by atoms with Crippen LogP contribution in [-0.2, 0) is 11.3 Å². The third-order valence-electron chi connectivity index (χ3n) is 4.24. The first-order valence-corrected chi connectivity index (χ1v) is 10.2. The highest BCUT2D eigenvalue weighted by atomic mass is 32.1. The van der Waals surface area contributed by atoms with E-state index in [9.17, 15) is 9.59 Å². The largest absolute Gasteiger partial charge is 0.354 e. The number of nitrogens with zero attached hydrogens (tertiary/aromatic N) is 2. The van der Waals surface area contributed by atoms with Crippen molar-refractivity contribution in [3.8, 4) is 10.6 Å². The Kier molecular flexibility index (Phi) is 6.60. The SMILES string of the molecule is CCCNC(=O)C(C)NC(=O)c1cn(Cc2ccccc2)nc1-c1cccs1. The highest BCUT2D eigenvalue weighted by molar-refractivity contribution is 7.13. The number of benzene rings is 1. The van der Waals surface area contributed by atoms with E-state index in [4.69, 9.17) is 0 Å². The van der Waals surface area contributed by atoms with Gasteiger partial charge in [-0.15, -0.1) is 11.3 Å². The first-order valence-electron chi connectivity index (χ1n) is 9.32. The second kappa shape index (κ2) is 9.32. The highest BCUT2D eigenvalue weighted by Gasteiger charge is 2.22. The van der Waals surface area contributed by atoms with Crippen molar-refractivity contribution in [2.45, 2.75) is 32.9 Å². The molecule has 0 saturated carbocycles. The molecule has 0 fully saturated rings. The van der Waals surface area contributed by atoms with Gasteiger partial charge in [-0.25, -0.2) is 0 Å². The van der Waals surface area contributed by atoms with Gasteiger partial charge in [-0.3, -0.25) is 14.3 Å². The van der Waals surface area contributed by atoms with Crippen molar-refractivity contribution >= 4 is 23.2 Å². The highest BCUT2D eigenvalue weighted by Crippen LogP contribution is 2.27. The van der Waals surface area contributed by atoms with Crippen LogP contribution in [0.2, 0.25) is 0 Å². The maximum absolute atomic E-state index is 12.9. The lowest BCUT2D eigenvalue weighted by molar-refractivity contribution is -0.122. The second-order valence-corrected chi connectivity index (χ2v) is 7.49. The molecule has 1 aromatic carbocycles. The van der Waals surface area contributed by atoms with E-state index in [1.807, 2.05) is 54.8 Å². The Morgan fingerprint density at radius 3 is 2.64 bits per heavy atom. The van der Waals surface area contributed by atoms with E-state index in [1.165, 1.54) is 11.3 Å². The minimum atomic E-state index is -0.618. The van der Waals surface area contributed by atoms with Gasteiger partial charge < -0.3 is 10.6 Å². The summed E-state index contributed by atoms with van der Waals surface area (Å²) in [4.78, 5) is 25.9. The van der Waals surface area contributed by atoms with Crippen molar-refractivity contribution in [1.29, 1.82) is 0 Å². The van der Waals surface area contributed by atoms with Gasteiger partial charge in [0.05, 0.1) is 17.0 Å². The predicted molar refractivity (Wildman–Crippen MR) is 111 cm³/mol. The number of thiophene rings is 1. The molecule has 146 valence electrons. The summed E-state index contributed by atoms with van der Waals surface area (Å²) in [6.07, 6.45) is 2.59. The van der Waals surface area contributed by atoms with Gasteiger partial charge in [0.2, 0.25) is 5.91 Å². The maximum Gasteiger partial charge on any atom is 0.255 e. The van der Waals surface area contributed by atoms with Crippen molar-refractivity contribution in [1.82, 2.24) is 20.4 Å². The number of rotatable bonds is 8. The van der Waals surface area contributed by atoms with E-state index in [0.717, 1.165) is 16.9 Å². The van der Waals surface area contributed by atoms with E-state index in [-0.39, 0.29) is 11.8 Å². The van der Waals surface area contributed by atoms with Crippen LogP contribution >= 0.6 is 11.3 Å². The van der Waals surface area contributed by atoms with Crippen LogP contribution in [0.25, 0.3) is 10.6 Å². The zero-order valence-corrected chi connectivity index (χ0v) is 16.8. The molecular formula is C21H24N4O2S. The molecule has 28 heavy (non-hydrogen) atoms. The molecule has 6 nitrogen and oxygen atoms in total. The number of carbonyl (C=O) groups is 2.